The van der Waals surface area contributed by atoms with Gasteiger partial charge in [-0.15, -0.1) is 0 Å². The van der Waals surface area contributed by atoms with Gasteiger partial charge in [0.25, 0.3) is 5.56 Å². The molecule has 0 saturated carbocycles. The topological polar surface area (TPSA) is 107 Å². The highest BCUT2D eigenvalue weighted by Gasteiger charge is 2.08. The average Bonchev–Trinajstić information content (AvgIpc) is 2.48. The van der Waals surface area contributed by atoms with E-state index in [4.69, 9.17) is 17.3 Å². The molecule has 1 aromatic carbocycles. The van der Waals surface area contributed by atoms with Crippen molar-refractivity contribution in [3.63, 3.8) is 0 Å². The van der Waals surface area contributed by atoms with E-state index in [2.05, 4.69) is 10.4 Å². The SMILES string of the molecule is NC(=O)CNC(=O)Cn1nc(-c2ccc(Cl)cc2)ccc1=O. The molecule has 2 amide bonds. The molecule has 0 fully saturated rings. The number of aromatic nitrogens is 2. The van der Waals surface area contributed by atoms with E-state index < -0.39 is 17.4 Å². The number of halogens is 1. The van der Waals surface area contributed by atoms with E-state index >= 15 is 0 Å². The summed E-state index contributed by atoms with van der Waals surface area (Å²) in [7, 11) is 0. The molecule has 0 saturated heterocycles. The van der Waals surface area contributed by atoms with Crippen molar-refractivity contribution in [1.29, 1.82) is 0 Å². The molecule has 2 rings (SSSR count). The Kier molecular flexibility index (Phi) is 4.90. The van der Waals surface area contributed by atoms with E-state index in [9.17, 15) is 14.4 Å². The first-order chi connectivity index (χ1) is 10.5. The van der Waals surface area contributed by atoms with Gasteiger partial charge in [0.05, 0.1) is 12.2 Å². The maximum absolute atomic E-state index is 11.7. The van der Waals surface area contributed by atoms with Gasteiger partial charge in [0, 0.05) is 16.7 Å². The van der Waals surface area contributed by atoms with E-state index in [1.165, 1.54) is 6.07 Å². The van der Waals surface area contributed by atoms with Gasteiger partial charge in [-0.2, -0.15) is 5.10 Å². The summed E-state index contributed by atoms with van der Waals surface area (Å²) in [5, 5.41) is 7.00. The normalized spacial score (nSPS) is 10.2. The minimum atomic E-state index is -0.663. The molecule has 0 atom stereocenters. The molecule has 0 unspecified atom stereocenters. The van der Waals surface area contributed by atoms with Gasteiger partial charge in [-0.25, -0.2) is 4.68 Å². The van der Waals surface area contributed by atoms with Crippen molar-refractivity contribution in [2.75, 3.05) is 6.54 Å². The Bertz CT molecular complexity index is 755. The fraction of sp³-hybridized carbons (Fsp3) is 0.143. The smallest absolute Gasteiger partial charge is 0.267 e. The number of nitrogens with two attached hydrogens (primary N) is 1. The maximum atomic E-state index is 11.7. The van der Waals surface area contributed by atoms with Crippen LogP contribution in [0, 0.1) is 0 Å². The lowest BCUT2D eigenvalue weighted by Crippen LogP contribution is -2.38. The molecule has 0 radical (unpaired) electrons. The Hall–Kier alpha value is -2.67. The molecule has 0 spiro atoms. The Morgan fingerprint density at radius 3 is 2.50 bits per heavy atom. The number of carbonyl (C=O) groups is 2. The van der Waals surface area contributed by atoms with Crippen molar-refractivity contribution in [2.45, 2.75) is 6.54 Å². The summed E-state index contributed by atoms with van der Waals surface area (Å²) in [6, 6.07) is 9.79. The molecule has 1 aromatic heterocycles. The minimum absolute atomic E-state index is 0.287. The van der Waals surface area contributed by atoms with Crippen molar-refractivity contribution < 1.29 is 9.59 Å². The Labute approximate surface area is 130 Å². The van der Waals surface area contributed by atoms with Gasteiger partial charge < -0.3 is 11.1 Å². The molecule has 1 heterocycles. The number of carbonyl (C=O) groups excluding carboxylic acids is 2. The van der Waals surface area contributed by atoms with Gasteiger partial charge in [0.15, 0.2) is 0 Å². The molecule has 0 bridgehead atoms. The molecule has 22 heavy (non-hydrogen) atoms. The van der Waals surface area contributed by atoms with Gasteiger partial charge in [0.2, 0.25) is 11.8 Å². The van der Waals surface area contributed by atoms with Gasteiger partial charge in [-0.05, 0) is 18.2 Å². The zero-order valence-corrected chi connectivity index (χ0v) is 12.2. The van der Waals surface area contributed by atoms with Crippen LogP contribution in [-0.4, -0.2) is 28.1 Å². The first-order valence-electron chi connectivity index (χ1n) is 6.35. The van der Waals surface area contributed by atoms with Crippen LogP contribution in [0.1, 0.15) is 0 Å². The van der Waals surface area contributed by atoms with E-state index in [0.29, 0.717) is 10.7 Å². The van der Waals surface area contributed by atoms with Gasteiger partial charge in [0.1, 0.15) is 6.54 Å². The lowest BCUT2D eigenvalue weighted by molar-refractivity contribution is -0.125. The van der Waals surface area contributed by atoms with Crippen molar-refractivity contribution in [2.24, 2.45) is 5.73 Å². The molecular weight excluding hydrogens is 308 g/mol. The van der Waals surface area contributed by atoms with Crippen LogP contribution < -0.4 is 16.6 Å². The van der Waals surface area contributed by atoms with Crippen LogP contribution in [0.25, 0.3) is 11.3 Å². The number of benzene rings is 1. The summed E-state index contributed by atoms with van der Waals surface area (Å²) in [6.07, 6.45) is 0. The summed E-state index contributed by atoms with van der Waals surface area (Å²) >= 11 is 5.82. The third kappa shape index (κ3) is 4.16. The van der Waals surface area contributed by atoms with Gasteiger partial charge in [-0.3, -0.25) is 14.4 Å². The summed E-state index contributed by atoms with van der Waals surface area (Å²) in [4.78, 5) is 34.0. The summed E-state index contributed by atoms with van der Waals surface area (Å²) in [5.41, 5.74) is 5.79. The molecule has 3 N–H and O–H groups in total. The Morgan fingerprint density at radius 2 is 1.86 bits per heavy atom. The number of nitrogens with zero attached hydrogens (tertiary/aromatic N) is 2. The van der Waals surface area contributed by atoms with Crippen LogP contribution in [-0.2, 0) is 16.1 Å². The number of primary amides is 1. The zero-order chi connectivity index (χ0) is 16.1. The molecular formula is C14H13ClN4O3. The maximum Gasteiger partial charge on any atom is 0.267 e. The van der Waals surface area contributed by atoms with E-state index in [-0.39, 0.29) is 13.1 Å². The average molecular weight is 321 g/mol. The third-order valence-corrected chi connectivity index (χ3v) is 3.01. The first-order valence-corrected chi connectivity index (χ1v) is 6.72. The van der Waals surface area contributed by atoms with Crippen LogP contribution in [0.5, 0.6) is 0 Å². The predicted molar refractivity (Wildman–Crippen MR) is 81.1 cm³/mol. The summed E-state index contributed by atoms with van der Waals surface area (Å²) < 4.78 is 1.01. The molecule has 114 valence electrons. The van der Waals surface area contributed by atoms with Crippen LogP contribution in [0.3, 0.4) is 0 Å². The first kappa shape index (κ1) is 15.7. The molecule has 2 aromatic rings. The van der Waals surface area contributed by atoms with Gasteiger partial charge in [-0.1, -0.05) is 23.7 Å². The third-order valence-electron chi connectivity index (χ3n) is 2.76. The highest BCUT2D eigenvalue weighted by molar-refractivity contribution is 6.30. The van der Waals surface area contributed by atoms with Gasteiger partial charge >= 0.3 is 0 Å². The molecule has 0 aliphatic rings. The van der Waals surface area contributed by atoms with Crippen LogP contribution >= 0.6 is 11.6 Å². The monoisotopic (exact) mass is 320 g/mol. The highest BCUT2D eigenvalue weighted by Crippen LogP contribution is 2.18. The predicted octanol–water partition coefficient (Wildman–Crippen LogP) is 0.165. The number of rotatable bonds is 5. The fourth-order valence-corrected chi connectivity index (χ4v) is 1.84. The van der Waals surface area contributed by atoms with Crippen molar-refractivity contribution in [1.82, 2.24) is 15.1 Å². The molecule has 0 aliphatic carbocycles. The Balaban J connectivity index is 2.20. The number of amides is 2. The highest BCUT2D eigenvalue weighted by atomic mass is 35.5. The summed E-state index contributed by atoms with van der Waals surface area (Å²) in [6.45, 7) is -0.585. The van der Waals surface area contributed by atoms with Crippen molar-refractivity contribution >= 4 is 23.4 Å². The second kappa shape index (κ2) is 6.86. The van der Waals surface area contributed by atoms with Crippen molar-refractivity contribution in [3.8, 4) is 11.3 Å². The largest absolute Gasteiger partial charge is 0.368 e. The lowest BCUT2D eigenvalue weighted by Gasteiger charge is -2.07. The van der Waals surface area contributed by atoms with Crippen molar-refractivity contribution in [3.05, 3.63) is 51.8 Å². The molecule has 8 heteroatoms. The second-order valence-electron chi connectivity index (χ2n) is 4.46. The van der Waals surface area contributed by atoms with Crippen LogP contribution in [0.15, 0.2) is 41.2 Å². The van der Waals surface area contributed by atoms with E-state index in [1.54, 1.807) is 30.3 Å². The number of hydrogen-bond acceptors (Lipinski definition) is 4. The fourth-order valence-electron chi connectivity index (χ4n) is 1.71. The summed E-state index contributed by atoms with van der Waals surface area (Å²) in [5.74, 6) is -1.19. The minimum Gasteiger partial charge on any atom is -0.368 e. The zero-order valence-electron chi connectivity index (χ0n) is 11.5. The number of hydrogen-bond donors (Lipinski definition) is 2. The molecule has 7 nitrogen and oxygen atoms in total. The quantitative estimate of drug-likeness (QED) is 0.818. The van der Waals surface area contributed by atoms with Crippen LogP contribution in [0.4, 0.5) is 0 Å². The Morgan fingerprint density at radius 1 is 1.18 bits per heavy atom. The van der Waals surface area contributed by atoms with E-state index in [1.807, 2.05) is 0 Å². The van der Waals surface area contributed by atoms with Crippen LogP contribution in [0.2, 0.25) is 5.02 Å². The second-order valence-corrected chi connectivity index (χ2v) is 4.90. The number of nitrogens with one attached hydrogen (secondary N) is 1. The van der Waals surface area contributed by atoms with E-state index in [0.717, 1.165) is 10.2 Å². The standard InChI is InChI=1S/C14H13ClN4O3/c15-10-3-1-9(2-4-10)11-5-6-14(22)19(18-11)8-13(21)17-7-12(16)20/h1-6H,7-8H2,(H2,16,20)(H,17,21). The lowest BCUT2D eigenvalue weighted by atomic mass is 10.1. The molecule has 0 aliphatic heterocycles.